The number of halogens is 1. The number of anilines is 2. The lowest BCUT2D eigenvalue weighted by Gasteiger charge is -2.36. The van der Waals surface area contributed by atoms with Crippen molar-refractivity contribution in [1.82, 2.24) is 9.62 Å². The van der Waals surface area contributed by atoms with Crippen LogP contribution < -0.4 is 14.9 Å². The summed E-state index contributed by atoms with van der Waals surface area (Å²) in [6.07, 6.45) is 5.63. The highest BCUT2D eigenvalue weighted by atomic mass is 35.5. The molecule has 1 heterocycles. The fraction of sp³-hybridized carbons (Fsp3) is 0.324. The van der Waals surface area contributed by atoms with Crippen LogP contribution in [0.5, 0.6) is 0 Å². The van der Waals surface area contributed by atoms with E-state index >= 15 is 0 Å². The summed E-state index contributed by atoms with van der Waals surface area (Å²) in [5.74, 6) is -0.380. The predicted molar refractivity (Wildman–Crippen MR) is 194 cm³/mol. The average Bonchev–Trinajstić information content (AvgIpc) is 3.12. The second kappa shape index (κ2) is 15.4. The molecule has 4 aromatic rings. The number of nitro benzene ring substituents is 1. The standard InChI is InChI=1S/C37H40ClN5O5S/c38-31-13-17-34(28-9-5-2-6-10-28)30(23-31)26-41-19-21-42(22-20-41)32-14-11-29(12-15-32)37(44)40-49(47,48)33-16-18-35(36(24-33)43(45)46)39-25-27-7-3-1-4-8-27/h2,5-6,9-18,23-24,27,39H,1,3-4,7-8,19-22,25-26H2,(H,40,44). The van der Waals surface area contributed by atoms with E-state index in [2.05, 4.69) is 38.0 Å². The monoisotopic (exact) mass is 701 g/mol. The Kier molecular flexibility index (Phi) is 10.8. The Morgan fingerprint density at radius 3 is 2.29 bits per heavy atom. The lowest BCUT2D eigenvalue weighted by Crippen LogP contribution is -2.46. The van der Waals surface area contributed by atoms with Crippen LogP contribution in [0.2, 0.25) is 5.02 Å². The van der Waals surface area contributed by atoms with Gasteiger partial charge in [0.15, 0.2) is 0 Å². The fourth-order valence-corrected chi connectivity index (χ4v) is 7.87. The molecule has 2 N–H and O–H groups in total. The third-order valence-electron chi connectivity index (χ3n) is 9.42. The number of carbonyl (C=O) groups is 1. The minimum absolute atomic E-state index is 0.167. The first-order valence-electron chi connectivity index (χ1n) is 16.7. The van der Waals surface area contributed by atoms with Crippen LogP contribution in [0.25, 0.3) is 11.1 Å². The molecule has 1 aliphatic heterocycles. The maximum atomic E-state index is 13.1. The highest BCUT2D eigenvalue weighted by Crippen LogP contribution is 2.31. The molecule has 10 nitrogen and oxygen atoms in total. The second-order valence-corrected chi connectivity index (χ2v) is 14.9. The first-order chi connectivity index (χ1) is 23.7. The maximum absolute atomic E-state index is 13.1. The third kappa shape index (κ3) is 8.59. The third-order valence-corrected chi connectivity index (χ3v) is 11.0. The molecular weight excluding hydrogens is 662 g/mol. The summed E-state index contributed by atoms with van der Waals surface area (Å²) in [5.41, 5.74) is 4.51. The van der Waals surface area contributed by atoms with E-state index in [1.165, 1.54) is 29.7 Å². The molecular formula is C37H40ClN5O5S. The summed E-state index contributed by atoms with van der Waals surface area (Å²) in [7, 11) is -4.36. The number of hydrogen-bond donors (Lipinski definition) is 2. The number of sulfonamides is 1. The second-order valence-electron chi connectivity index (χ2n) is 12.7. The van der Waals surface area contributed by atoms with Crippen molar-refractivity contribution in [3.05, 3.63) is 117 Å². The normalized spacial score (nSPS) is 15.9. The molecule has 49 heavy (non-hydrogen) atoms. The van der Waals surface area contributed by atoms with Crippen LogP contribution in [-0.4, -0.2) is 56.9 Å². The number of nitrogens with one attached hydrogen (secondary N) is 2. The predicted octanol–water partition coefficient (Wildman–Crippen LogP) is 7.35. The van der Waals surface area contributed by atoms with Gasteiger partial charge in [0.1, 0.15) is 5.69 Å². The molecule has 0 spiro atoms. The Morgan fingerprint density at radius 2 is 1.59 bits per heavy atom. The van der Waals surface area contributed by atoms with E-state index in [9.17, 15) is 23.3 Å². The van der Waals surface area contributed by atoms with Crippen molar-refractivity contribution >= 4 is 44.6 Å². The molecule has 256 valence electrons. The number of amides is 1. The number of piperazine rings is 1. The van der Waals surface area contributed by atoms with Gasteiger partial charge in [0.2, 0.25) is 0 Å². The molecule has 2 fully saturated rings. The minimum atomic E-state index is -4.36. The Balaban J connectivity index is 1.05. The van der Waals surface area contributed by atoms with Gasteiger partial charge in [-0.2, -0.15) is 0 Å². The van der Waals surface area contributed by atoms with Crippen LogP contribution in [0.15, 0.2) is 95.9 Å². The number of hydrogen-bond acceptors (Lipinski definition) is 8. The quantitative estimate of drug-likeness (QED) is 0.123. The van der Waals surface area contributed by atoms with E-state index in [0.717, 1.165) is 75.7 Å². The van der Waals surface area contributed by atoms with Crippen molar-refractivity contribution in [3.63, 3.8) is 0 Å². The van der Waals surface area contributed by atoms with Crippen LogP contribution in [0.3, 0.4) is 0 Å². The van der Waals surface area contributed by atoms with Gasteiger partial charge in [0, 0.05) is 61.6 Å². The van der Waals surface area contributed by atoms with Crippen molar-refractivity contribution in [2.45, 2.75) is 43.5 Å². The first kappa shape index (κ1) is 34.4. The Labute approximate surface area is 292 Å². The van der Waals surface area contributed by atoms with Gasteiger partial charge in [-0.1, -0.05) is 67.3 Å². The number of nitrogens with zero attached hydrogens (tertiary/aromatic N) is 3. The molecule has 1 saturated heterocycles. The lowest BCUT2D eigenvalue weighted by atomic mass is 9.89. The summed E-state index contributed by atoms with van der Waals surface area (Å²) in [5, 5.41) is 15.6. The highest BCUT2D eigenvalue weighted by Gasteiger charge is 2.25. The molecule has 6 rings (SSSR count). The van der Waals surface area contributed by atoms with E-state index in [0.29, 0.717) is 17.5 Å². The summed E-state index contributed by atoms with van der Waals surface area (Å²) in [6, 6.07) is 26.8. The molecule has 4 aromatic carbocycles. The van der Waals surface area contributed by atoms with Gasteiger partial charge in [-0.15, -0.1) is 0 Å². The average molecular weight is 702 g/mol. The zero-order valence-electron chi connectivity index (χ0n) is 27.2. The molecule has 0 aromatic heterocycles. The smallest absolute Gasteiger partial charge is 0.293 e. The van der Waals surface area contributed by atoms with Gasteiger partial charge in [-0.05, 0) is 84.0 Å². The van der Waals surface area contributed by atoms with Crippen LogP contribution >= 0.6 is 11.6 Å². The maximum Gasteiger partial charge on any atom is 0.293 e. The van der Waals surface area contributed by atoms with E-state index < -0.39 is 20.9 Å². The van der Waals surface area contributed by atoms with Crippen molar-refractivity contribution in [2.24, 2.45) is 5.92 Å². The topological polar surface area (TPSA) is 125 Å². The van der Waals surface area contributed by atoms with Crippen LogP contribution in [0, 0.1) is 16.0 Å². The Morgan fingerprint density at radius 1 is 0.878 bits per heavy atom. The van der Waals surface area contributed by atoms with Gasteiger partial charge in [0.25, 0.3) is 21.6 Å². The van der Waals surface area contributed by atoms with Crippen molar-refractivity contribution in [3.8, 4) is 11.1 Å². The summed E-state index contributed by atoms with van der Waals surface area (Å²) >= 11 is 6.37. The summed E-state index contributed by atoms with van der Waals surface area (Å²) < 4.78 is 28.3. The van der Waals surface area contributed by atoms with E-state index in [-0.39, 0.29) is 21.8 Å². The molecule has 2 aliphatic rings. The summed E-state index contributed by atoms with van der Waals surface area (Å²) in [4.78, 5) is 28.5. The molecule has 1 amide bonds. The first-order valence-corrected chi connectivity index (χ1v) is 18.5. The molecule has 12 heteroatoms. The van der Waals surface area contributed by atoms with E-state index in [1.807, 2.05) is 30.3 Å². The van der Waals surface area contributed by atoms with Crippen molar-refractivity contribution in [2.75, 3.05) is 42.9 Å². The minimum Gasteiger partial charge on any atom is -0.379 e. The van der Waals surface area contributed by atoms with Crippen molar-refractivity contribution in [1.29, 1.82) is 0 Å². The van der Waals surface area contributed by atoms with Gasteiger partial charge < -0.3 is 10.2 Å². The Bertz CT molecular complexity index is 1890. The van der Waals surface area contributed by atoms with Crippen LogP contribution in [0.4, 0.5) is 17.1 Å². The summed E-state index contributed by atoms with van der Waals surface area (Å²) in [6.45, 7) is 4.60. The van der Waals surface area contributed by atoms with Crippen LogP contribution in [-0.2, 0) is 16.6 Å². The molecule has 1 aliphatic carbocycles. The number of rotatable bonds is 11. The SMILES string of the molecule is O=C(NS(=O)(=O)c1ccc(NCC2CCCCC2)c([N+](=O)[O-])c1)c1ccc(N2CCN(Cc3cc(Cl)ccc3-c3ccccc3)CC2)cc1. The van der Waals surface area contributed by atoms with Crippen molar-refractivity contribution < 1.29 is 18.1 Å². The van der Waals surface area contributed by atoms with Gasteiger partial charge in [0.05, 0.1) is 9.82 Å². The number of carbonyl (C=O) groups excluding carboxylic acids is 1. The molecule has 0 atom stereocenters. The highest BCUT2D eigenvalue weighted by molar-refractivity contribution is 7.90. The zero-order chi connectivity index (χ0) is 34.4. The molecule has 0 unspecified atom stereocenters. The van der Waals surface area contributed by atoms with E-state index in [1.54, 1.807) is 24.3 Å². The number of nitro groups is 1. The van der Waals surface area contributed by atoms with E-state index in [4.69, 9.17) is 11.6 Å². The van der Waals surface area contributed by atoms with Gasteiger partial charge >= 0.3 is 0 Å². The zero-order valence-corrected chi connectivity index (χ0v) is 28.8. The molecule has 0 bridgehead atoms. The lowest BCUT2D eigenvalue weighted by molar-refractivity contribution is -0.384. The Hall–Kier alpha value is -4.45. The molecule has 1 saturated carbocycles. The number of benzene rings is 4. The fourth-order valence-electron chi connectivity index (χ4n) is 6.69. The van der Waals surface area contributed by atoms with Crippen LogP contribution in [0.1, 0.15) is 48.0 Å². The van der Waals surface area contributed by atoms with Gasteiger partial charge in [-0.3, -0.25) is 19.8 Å². The molecule has 0 radical (unpaired) electrons. The van der Waals surface area contributed by atoms with Gasteiger partial charge in [-0.25, -0.2) is 13.1 Å². The largest absolute Gasteiger partial charge is 0.379 e.